The number of nitrogens with one attached hydrogen (secondary N) is 1. The van der Waals surface area contributed by atoms with Crippen LogP contribution in [0.3, 0.4) is 0 Å². The zero-order valence-corrected chi connectivity index (χ0v) is 13.3. The maximum atomic E-state index is 4.28. The Morgan fingerprint density at radius 2 is 2.15 bits per heavy atom. The van der Waals surface area contributed by atoms with Crippen molar-refractivity contribution >= 4 is 0 Å². The first-order chi connectivity index (χ1) is 9.76. The molecule has 0 saturated heterocycles. The van der Waals surface area contributed by atoms with Crippen LogP contribution in [-0.4, -0.2) is 28.1 Å². The van der Waals surface area contributed by atoms with Crippen LogP contribution in [0.25, 0.3) is 0 Å². The second kappa shape index (κ2) is 7.77. The van der Waals surface area contributed by atoms with Crippen molar-refractivity contribution in [3.05, 3.63) is 11.9 Å². The van der Waals surface area contributed by atoms with Gasteiger partial charge in [0.2, 0.25) is 0 Å². The highest BCUT2D eigenvalue weighted by Crippen LogP contribution is 2.39. The average molecular weight is 278 g/mol. The summed E-state index contributed by atoms with van der Waals surface area (Å²) in [5.41, 5.74) is 1.36. The molecule has 114 valence electrons. The van der Waals surface area contributed by atoms with Gasteiger partial charge in [-0.2, -0.15) is 0 Å². The lowest BCUT2D eigenvalue weighted by Gasteiger charge is -2.35. The van der Waals surface area contributed by atoms with Gasteiger partial charge in [-0.1, -0.05) is 32.4 Å². The number of aromatic nitrogens is 3. The number of rotatable bonds is 7. The number of hydrogen-bond donors (Lipinski definition) is 1. The summed E-state index contributed by atoms with van der Waals surface area (Å²) >= 11 is 0. The molecule has 0 amide bonds. The summed E-state index contributed by atoms with van der Waals surface area (Å²) in [7, 11) is 0. The van der Waals surface area contributed by atoms with E-state index in [0.29, 0.717) is 5.92 Å². The Labute approximate surface area is 123 Å². The molecular weight excluding hydrogens is 248 g/mol. The van der Waals surface area contributed by atoms with Crippen molar-refractivity contribution in [2.45, 2.75) is 65.3 Å². The fourth-order valence-corrected chi connectivity index (χ4v) is 3.45. The van der Waals surface area contributed by atoms with E-state index in [2.05, 4.69) is 41.1 Å². The number of aryl methyl sites for hydroxylation is 1. The molecule has 0 aromatic carbocycles. The van der Waals surface area contributed by atoms with Crippen molar-refractivity contribution in [1.82, 2.24) is 20.3 Å². The molecule has 0 aliphatic heterocycles. The second-order valence-corrected chi connectivity index (χ2v) is 6.37. The molecule has 0 bridgehead atoms. The molecule has 1 aliphatic rings. The zero-order chi connectivity index (χ0) is 14.4. The standard InChI is InChI=1S/C16H30N4/c1-4-8-17-11-14-7-6-13(3)10-15(14)16-12-18-19-20(16)9-5-2/h12-15,17H,4-11H2,1-3H3. The third-order valence-electron chi connectivity index (χ3n) is 4.55. The van der Waals surface area contributed by atoms with Crippen LogP contribution in [0.15, 0.2) is 6.20 Å². The third kappa shape index (κ3) is 3.81. The Hall–Kier alpha value is -0.900. The molecule has 1 heterocycles. The van der Waals surface area contributed by atoms with E-state index >= 15 is 0 Å². The van der Waals surface area contributed by atoms with Gasteiger partial charge in [0.25, 0.3) is 0 Å². The molecule has 1 aliphatic carbocycles. The smallest absolute Gasteiger partial charge is 0.0728 e. The summed E-state index contributed by atoms with van der Waals surface area (Å²) in [6.45, 7) is 10.1. The van der Waals surface area contributed by atoms with E-state index in [-0.39, 0.29) is 0 Å². The van der Waals surface area contributed by atoms with Gasteiger partial charge < -0.3 is 5.32 Å². The van der Waals surface area contributed by atoms with Gasteiger partial charge in [0, 0.05) is 12.5 Å². The van der Waals surface area contributed by atoms with Crippen molar-refractivity contribution in [3.8, 4) is 0 Å². The zero-order valence-electron chi connectivity index (χ0n) is 13.3. The van der Waals surface area contributed by atoms with Gasteiger partial charge in [-0.15, -0.1) is 5.10 Å². The molecule has 3 unspecified atom stereocenters. The lowest BCUT2D eigenvalue weighted by atomic mass is 9.73. The minimum atomic E-state index is 0.629. The van der Waals surface area contributed by atoms with Crippen LogP contribution in [0.2, 0.25) is 0 Å². The molecule has 4 heteroatoms. The van der Waals surface area contributed by atoms with E-state index in [0.717, 1.165) is 37.9 Å². The lowest BCUT2D eigenvalue weighted by Crippen LogP contribution is -2.33. The largest absolute Gasteiger partial charge is 0.316 e. The van der Waals surface area contributed by atoms with Crippen LogP contribution in [0.5, 0.6) is 0 Å². The van der Waals surface area contributed by atoms with Gasteiger partial charge in [-0.25, -0.2) is 4.68 Å². The molecule has 20 heavy (non-hydrogen) atoms. The SMILES string of the molecule is CCCNCC1CCC(C)CC1c1cnnn1CCC. The molecule has 0 spiro atoms. The predicted octanol–water partition coefficient (Wildman–Crippen LogP) is 3.21. The van der Waals surface area contributed by atoms with Crippen LogP contribution in [0.4, 0.5) is 0 Å². The van der Waals surface area contributed by atoms with Crippen LogP contribution in [-0.2, 0) is 6.54 Å². The Bertz CT molecular complexity index is 388. The summed E-state index contributed by atoms with van der Waals surface area (Å²) in [5, 5.41) is 12.1. The molecular formula is C16H30N4. The second-order valence-electron chi connectivity index (χ2n) is 6.37. The highest BCUT2D eigenvalue weighted by atomic mass is 15.4. The Balaban J connectivity index is 2.08. The van der Waals surface area contributed by atoms with Crippen molar-refractivity contribution in [2.75, 3.05) is 13.1 Å². The Kier molecular flexibility index (Phi) is 6.02. The van der Waals surface area contributed by atoms with Crippen molar-refractivity contribution in [3.63, 3.8) is 0 Å². The minimum absolute atomic E-state index is 0.629. The highest BCUT2D eigenvalue weighted by molar-refractivity contribution is 5.08. The molecule has 1 fully saturated rings. The van der Waals surface area contributed by atoms with Crippen LogP contribution < -0.4 is 5.32 Å². The van der Waals surface area contributed by atoms with Gasteiger partial charge >= 0.3 is 0 Å². The van der Waals surface area contributed by atoms with Gasteiger partial charge in [0.05, 0.1) is 11.9 Å². The highest BCUT2D eigenvalue weighted by Gasteiger charge is 2.31. The first-order valence-corrected chi connectivity index (χ1v) is 8.35. The first-order valence-electron chi connectivity index (χ1n) is 8.35. The fourth-order valence-electron chi connectivity index (χ4n) is 3.45. The quantitative estimate of drug-likeness (QED) is 0.779. The Morgan fingerprint density at radius 3 is 2.90 bits per heavy atom. The van der Waals surface area contributed by atoms with Gasteiger partial charge in [-0.3, -0.25) is 0 Å². The van der Waals surface area contributed by atoms with E-state index in [4.69, 9.17) is 0 Å². The summed E-state index contributed by atoms with van der Waals surface area (Å²) in [4.78, 5) is 0. The monoisotopic (exact) mass is 278 g/mol. The van der Waals surface area contributed by atoms with Crippen LogP contribution >= 0.6 is 0 Å². The van der Waals surface area contributed by atoms with Gasteiger partial charge in [-0.05, 0) is 50.6 Å². The third-order valence-corrected chi connectivity index (χ3v) is 4.55. The molecule has 1 aromatic rings. The lowest BCUT2D eigenvalue weighted by molar-refractivity contribution is 0.232. The number of nitrogens with zero attached hydrogens (tertiary/aromatic N) is 3. The van der Waals surface area contributed by atoms with Crippen molar-refractivity contribution < 1.29 is 0 Å². The fraction of sp³-hybridized carbons (Fsp3) is 0.875. The molecule has 1 aromatic heterocycles. The molecule has 2 rings (SSSR count). The molecule has 1 N–H and O–H groups in total. The summed E-state index contributed by atoms with van der Waals surface area (Å²) < 4.78 is 2.13. The molecule has 1 saturated carbocycles. The molecule has 4 nitrogen and oxygen atoms in total. The van der Waals surface area contributed by atoms with E-state index in [9.17, 15) is 0 Å². The summed E-state index contributed by atoms with van der Waals surface area (Å²) in [5.74, 6) is 2.20. The average Bonchev–Trinajstić information content (AvgIpc) is 2.89. The summed E-state index contributed by atoms with van der Waals surface area (Å²) in [6, 6.07) is 0. The van der Waals surface area contributed by atoms with E-state index < -0.39 is 0 Å². The van der Waals surface area contributed by atoms with E-state index in [1.807, 2.05) is 6.20 Å². The topological polar surface area (TPSA) is 42.7 Å². The van der Waals surface area contributed by atoms with Gasteiger partial charge in [0.15, 0.2) is 0 Å². The summed E-state index contributed by atoms with van der Waals surface area (Å²) in [6.07, 6.45) is 8.32. The Morgan fingerprint density at radius 1 is 1.30 bits per heavy atom. The normalized spacial score (nSPS) is 26.9. The molecule has 0 radical (unpaired) electrons. The maximum absolute atomic E-state index is 4.28. The van der Waals surface area contributed by atoms with Crippen molar-refractivity contribution in [2.24, 2.45) is 11.8 Å². The van der Waals surface area contributed by atoms with E-state index in [1.54, 1.807) is 0 Å². The van der Waals surface area contributed by atoms with Gasteiger partial charge in [0.1, 0.15) is 0 Å². The number of hydrogen-bond acceptors (Lipinski definition) is 3. The van der Waals surface area contributed by atoms with E-state index in [1.165, 1.54) is 31.4 Å². The molecule has 3 atom stereocenters. The minimum Gasteiger partial charge on any atom is -0.316 e. The van der Waals surface area contributed by atoms with Crippen LogP contribution in [0, 0.1) is 11.8 Å². The predicted molar refractivity (Wildman–Crippen MR) is 82.7 cm³/mol. The van der Waals surface area contributed by atoms with Crippen LogP contribution in [0.1, 0.15) is 64.5 Å². The van der Waals surface area contributed by atoms with Crippen molar-refractivity contribution in [1.29, 1.82) is 0 Å². The first kappa shape index (κ1) is 15.5. The maximum Gasteiger partial charge on any atom is 0.0728 e.